The second-order valence-corrected chi connectivity index (χ2v) is 7.96. The Morgan fingerprint density at radius 3 is 1.97 bits per heavy atom. The van der Waals surface area contributed by atoms with Gasteiger partial charge in [-0.15, -0.1) is 0 Å². The SMILES string of the molecule is COC(=O)C1=C(C(=O)OC)C2(c3ccccc3-c3ccccc32)C2C=CC(C(C)=O)=CN12. The lowest BCUT2D eigenvalue weighted by molar-refractivity contribution is -0.140. The number of hydrogen-bond donors (Lipinski definition) is 0. The molecule has 6 nitrogen and oxygen atoms in total. The van der Waals surface area contributed by atoms with Crippen LogP contribution in [0.25, 0.3) is 11.1 Å². The molecule has 0 N–H and O–H groups in total. The monoisotopic (exact) mass is 427 g/mol. The number of benzene rings is 2. The van der Waals surface area contributed by atoms with Crippen LogP contribution in [-0.2, 0) is 29.3 Å². The van der Waals surface area contributed by atoms with Crippen molar-refractivity contribution in [3.05, 3.63) is 94.9 Å². The molecule has 5 rings (SSSR count). The standard InChI is InChI=1S/C26H21NO5/c1-15(28)16-12-13-21-26(22(24(29)31-2)23(25(30)32-3)27(21)14-16)19-10-6-4-8-17(19)18-9-5-7-11-20(18)26/h4-14,21H,1-3H3. The first-order valence-electron chi connectivity index (χ1n) is 10.3. The van der Waals surface area contributed by atoms with Gasteiger partial charge in [-0.3, -0.25) is 4.79 Å². The molecule has 3 aliphatic rings. The summed E-state index contributed by atoms with van der Waals surface area (Å²) in [4.78, 5) is 40.3. The van der Waals surface area contributed by atoms with Crippen LogP contribution in [0.4, 0.5) is 0 Å². The largest absolute Gasteiger partial charge is 0.466 e. The maximum atomic E-state index is 13.4. The van der Waals surface area contributed by atoms with E-state index in [1.54, 1.807) is 17.2 Å². The molecule has 2 aromatic carbocycles. The molecule has 2 aromatic rings. The van der Waals surface area contributed by atoms with E-state index in [0.717, 1.165) is 22.3 Å². The molecule has 0 bridgehead atoms. The first-order valence-corrected chi connectivity index (χ1v) is 10.3. The van der Waals surface area contributed by atoms with E-state index in [-0.39, 0.29) is 17.1 Å². The summed E-state index contributed by atoms with van der Waals surface area (Å²) in [5, 5.41) is 0. The highest BCUT2D eigenvalue weighted by Gasteiger charge is 2.62. The maximum Gasteiger partial charge on any atom is 0.355 e. The molecule has 1 atom stereocenters. The summed E-state index contributed by atoms with van der Waals surface area (Å²) in [6.45, 7) is 1.46. The predicted molar refractivity (Wildman–Crippen MR) is 117 cm³/mol. The molecule has 0 radical (unpaired) electrons. The van der Waals surface area contributed by atoms with Gasteiger partial charge in [0.05, 0.1) is 31.2 Å². The average Bonchev–Trinajstić information content (AvgIpc) is 3.29. The summed E-state index contributed by atoms with van der Waals surface area (Å²) in [5.41, 5.74) is 3.51. The normalized spacial score (nSPS) is 19.3. The Kier molecular flexibility index (Phi) is 4.41. The lowest BCUT2D eigenvalue weighted by Gasteiger charge is -2.38. The number of methoxy groups -OCH3 is 2. The van der Waals surface area contributed by atoms with Crippen molar-refractivity contribution in [1.29, 1.82) is 0 Å². The van der Waals surface area contributed by atoms with E-state index in [1.165, 1.54) is 21.1 Å². The highest BCUT2D eigenvalue weighted by Crippen LogP contribution is 2.60. The van der Waals surface area contributed by atoms with Gasteiger partial charge in [0.1, 0.15) is 5.70 Å². The van der Waals surface area contributed by atoms with Crippen LogP contribution in [0.3, 0.4) is 0 Å². The number of carbonyl (C=O) groups is 3. The fraction of sp³-hybridized carbons (Fsp3) is 0.192. The van der Waals surface area contributed by atoms with Crippen molar-refractivity contribution in [1.82, 2.24) is 4.90 Å². The van der Waals surface area contributed by atoms with Gasteiger partial charge in [-0.1, -0.05) is 60.7 Å². The number of hydrogen-bond acceptors (Lipinski definition) is 6. The summed E-state index contributed by atoms with van der Waals surface area (Å²) < 4.78 is 10.3. The lowest BCUT2D eigenvalue weighted by Crippen LogP contribution is -2.44. The number of rotatable bonds is 3. The quantitative estimate of drug-likeness (QED) is 0.700. The van der Waals surface area contributed by atoms with Gasteiger partial charge in [-0.25, -0.2) is 9.59 Å². The fourth-order valence-electron chi connectivity index (χ4n) is 5.31. The zero-order valence-corrected chi connectivity index (χ0v) is 17.9. The number of allylic oxidation sites excluding steroid dienone is 2. The number of nitrogens with zero attached hydrogens (tertiary/aromatic N) is 1. The second-order valence-electron chi connectivity index (χ2n) is 7.96. The number of carbonyl (C=O) groups excluding carboxylic acids is 3. The number of fused-ring (bicyclic) bond motifs is 7. The molecule has 32 heavy (non-hydrogen) atoms. The molecule has 0 fully saturated rings. The Morgan fingerprint density at radius 2 is 1.44 bits per heavy atom. The molecular formula is C26H21NO5. The molecule has 1 unspecified atom stereocenters. The predicted octanol–water partition coefficient (Wildman–Crippen LogP) is 3.28. The number of esters is 2. The lowest BCUT2D eigenvalue weighted by atomic mass is 9.67. The van der Waals surface area contributed by atoms with Crippen molar-refractivity contribution in [2.45, 2.75) is 18.4 Å². The molecule has 1 aliphatic carbocycles. The molecule has 2 aliphatic heterocycles. The van der Waals surface area contributed by atoms with Crippen LogP contribution in [0.15, 0.2) is 83.7 Å². The topological polar surface area (TPSA) is 72.9 Å². The summed E-state index contributed by atoms with van der Waals surface area (Å²) in [6, 6.07) is 15.3. The van der Waals surface area contributed by atoms with E-state index in [2.05, 4.69) is 0 Å². The Bertz CT molecular complexity index is 1240. The molecule has 1 spiro atoms. The van der Waals surface area contributed by atoms with Crippen molar-refractivity contribution in [3.63, 3.8) is 0 Å². The van der Waals surface area contributed by atoms with Gasteiger partial charge in [0.15, 0.2) is 5.78 Å². The molecule has 0 saturated heterocycles. The molecule has 0 saturated carbocycles. The highest BCUT2D eigenvalue weighted by molar-refractivity contribution is 6.07. The van der Waals surface area contributed by atoms with Crippen molar-refractivity contribution >= 4 is 17.7 Å². The van der Waals surface area contributed by atoms with Gasteiger partial charge < -0.3 is 14.4 Å². The van der Waals surface area contributed by atoms with E-state index in [9.17, 15) is 14.4 Å². The van der Waals surface area contributed by atoms with Gasteiger partial charge in [0.25, 0.3) is 0 Å². The molecule has 160 valence electrons. The van der Waals surface area contributed by atoms with Crippen molar-refractivity contribution < 1.29 is 23.9 Å². The van der Waals surface area contributed by atoms with E-state index in [0.29, 0.717) is 5.57 Å². The number of ether oxygens (including phenoxy) is 2. The minimum atomic E-state index is -1.00. The van der Waals surface area contributed by atoms with E-state index >= 15 is 0 Å². The molecule has 6 heteroatoms. The highest BCUT2D eigenvalue weighted by atomic mass is 16.5. The van der Waals surface area contributed by atoms with E-state index in [4.69, 9.17) is 9.47 Å². The van der Waals surface area contributed by atoms with E-state index < -0.39 is 23.4 Å². The maximum absolute atomic E-state index is 13.4. The van der Waals surface area contributed by atoms with Crippen molar-refractivity contribution in [2.75, 3.05) is 14.2 Å². The van der Waals surface area contributed by atoms with Crippen LogP contribution in [0, 0.1) is 0 Å². The van der Waals surface area contributed by atoms with Gasteiger partial charge >= 0.3 is 11.9 Å². The molecule has 0 aromatic heterocycles. The van der Waals surface area contributed by atoms with Gasteiger partial charge in [-0.05, 0) is 29.2 Å². The minimum Gasteiger partial charge on any atom is -0.466 e. The summed E-state index contributed by atoms with van der Waals surface area (Å²) in [6.07, 6.45) is 5.26. The van der Waals surface area contributed by atoms with Crippen LogP contribution in [0.5, 0.6) is 0 Å². The van der Waals surface area contributed by atoms with Gasteiger partial charge in [0.2, 0.25) is 0 Å². The number of Topliss-reactive ketones (excluding diaryl/α,β-unsaturated/α-hetero) is 1. The van der Waals surface area contributed by atoms with Crippen LogP contribution >= 0.6 is 0 Å². The summed E-state index contributed by atoms with van der Waals surface area (Å²) in [5.74, 6) is -1.42. The smallest absolute Gasteiger partial charge is 0.355 e. The Hall–Kier alpha value is -3.93. The Balaban J connectivity index is 1.94. The summed E-state index contributed by atoms with van der Waals surface area (Å²) >= 11 is 0. The van der Waals surface area contributed by atoms with Crippen LogP contribution in [0.2, 0.25) is 0 Å². The molecule has 2 heterocycles. The van der Waals surface area contributed by atoms with Crippen molar-refractivity contribution in [2.24, 2.45) is 0 Å². The zero-order valence-electron chi connectivity index (χ0n) is 17.9. The number of ketones is 1. The first-order chi connectivity index (χ1) is 15.5. The minimum absolute atomic E-state index is 0.0824. The summed E-state index contributed by atoms with van der Waals surface area (Å²) in [7, 11) is 2.57. The van der Waals surface area contributed by atoms with Crippen LogP contribution in [0.1, 0.15) is 18.1 Å². The second kappa shape index (κ2) is 7.05. The average molecular weight is 427 g/mol. The van der Waals surface area contributed by atoms with Crippen molar-refractivity contribution in [3.8, 4) is 11.1 Å². The molecular weight excluding hydrogens is 406 g/mol. The van der Waals surface area contributed by atoms with Gasteiger partial charge in [0, 0.05) is 11.8 Å². The Morgan fingerprint density at radius 1 is 0.875 bits per heavy atom. The van der Waals surface area contributed by atoms with Crippen LogP contribution < -0.4 is 0 Å². The fourth-order valence-corrected chi connectivity index (χ4v) is 5.31. The first kappa shape index (κ1) is 20.0. The van der Waals surface area contributed by atoms with E-state index in [1.807, 2.05) is 54.6 Å². The third-order valence-electron chi connectivity index (χ3n) is 6.54. The third kappa shape index (κ3) is 2.37. The third-order valence-corrected chi connectivity index (χ3v) is 6.54. The van der Waals surface area contributed by atoms with Gasteiger partial charge in [-0.2, -0.15) is 0 Å². The zero-order chi connectivity index (χ0) is 22.6. The molecule has 0 amide bonds. The van der Waals surface area contributed by atoms with Crippen LogP contribution in [-0.4, -0.2) is 42.9 Å². The Labute approximate surface area is 185 Å².